The summed E-state index contributed by atoms with van der Waals surface area (Å²) in [4.78, 5) is 18.3. The fourth-order valence-corrected chi connectivity index (χ4v) is 3.24. The van der Waals surface area contributed by atoms with Gasteiger partial charge in [-0.25, -0.2) is 9.78 Å². The summed E-state index contributed by atoms with van der Waals surface area (Å²) in [5.74, 6) is 0.733. The Kier molecular flexibility index (Phi) is 5.99. The molecule has 144 valence electrons. The largest absolute Gasteiger partial charge is 0.444 e. The van der Waals surface area contributed by atoms with Crippen LogP contribution in [0.2, 0.25) is 0 Å². The number of carbonyl (C=O) groups is 1. The van der Waals surface area contributed by atoms with E-state index in [-0.39, 0.29) is 6.09 Å². The number of amides is 1. The molecule has 2 aromatic rings. The van der Waals surface area contributed by atoms with Gasteiger partial charge in [-0.1, -0.05) is 46.3 Å². The van der Waals surface area contributed by atoms with Gasteiger partial charge < -0.3 is 9.64 Å². The van der Waals surface area contributed by atoms with E-state index < -0.39 is 5.60 Å². The number of halogens is 1. The van der Waals surface area contributed by atoms with E-state index in [1.807, 2.05) is 37.6 Å². The second-order valence-electron chi connectivity index (χ2n) is 7.50. The lowest BCUT2D eigenvalue weighted by molar-refractivity contribution is 0.0270. The smallest absolute Gasteiger partial charge is 0.410 e. The Morgan fingerprint density at radius 1 is 1.22 bits per heavy atom. The molecule has 27 heavy (non-hydrogen) atoms. The Morgan fingerprint density at radius 2 is 1.93 bits per heavy atom. The lowest BCUT2D eigenvalue weighted by Gasteiger charge is -2.29. The van der Waals surface area contributed by atoms with Gasteiger partial charge in [0.1, 0.15) is 11.9 Å². The predicted octanol–water partition coefficient (Wildman–Crippen LogP) is 4.36. The van der Waals surface area contributed by atoms with Gasteiger partial charge in [-0.2, -0.15) is 5.10 Å². The van der Waals surface area contributed by atoms with E-state index in [2.05, 4.69) is 44.2 Å². The number of carbonyl (C=O) groups excluding carboxylic acids is 1. The van der Waals surface area contributed by atoms with E-state index in [0.29, 0.717) is 13.1 Å². The fraction of sp³-hybridized carbons (Fsp3) is 0.450. The standard InChI is InChI=1S/C20H25BrN4O2/c1-20(2,3)27-19(26)24-11-8-16(9-12-24)15-4-6-17(7-5-15)18-22-14-25(23-18)13-10-21/h4-8,14H,9-13H2,1-3H3. The minimum Gasteiger partial charge on any atom is -0.444 e. The minimum atomic E-state index is -0.466. The van der Waals surface area contributed by atoms with Gasteiger partial charge in [0.25, 0.3) is 0 Å². The van der Waals surface area contributed by atoms with Gasteiger partial charge in [-0.05, 0) is 38.3 Å². The second-order valence-corrected chi connectivity index (χ2v) is 8.30. The molecule has 0 saturated heterocycles. The van der Waals surface area contributed by atoms with Crippen LogP contribution in [0.5, 0.6) is 0 Å². The van der Waals surface area contributed by atoms with Crippen LogP contribution in [0.25, 0.3) is 17.0 Å². The van der Waals surface area contributed by atoms with Crippen LogP contribution in [0.1, 0.15) is 32.8 Å². The van der Waals surface area contributed by atoms with Crippen LogP contribution < -0.4 is 0 Å². The normalized spacial score (nSPS) is 14.8. The zero-order valence-corrected chi connectivity index (χ0v) is 17.6. The van der Waals surface area contributed by atoms with Crippen molar-refractivity contribution < 1.29 is 9.53 Å². The number of benzene rings is 1. The molecule has 0 unspecified atom stereocenters. The van der Waals surface area contributed by atoms with Crippen molar-refractivity contribution in [1.29, 1.82) is 0 Å². The molecule has 7 heteroatoms. The third-order valence-corrected chi connectivity index (χ3v) is 4.58. The molecule has 3 rings (SSSR count). The summed E-state index contributed by atoms with van der Waals surface area (Å²) in [5, 5.41) is 5.32. The lowest BCUT2D eigenvalue weighted by atomic mass is 9.98. The van der Waals surface area contributed by atoms with Crippen molar-refractivity contribution in [1.82, 2.24) is 19.7 Å². The molecular weight excluding hydrogens is 408 g/mol. The van der Waals surface area contributed by atoms with Crippen molar-refractivity contribution in [3.05, 3.63) is 42.2 Å². The first-order valence-electron chi connectivity index (χ1n) is 9.09. The molecule has 6 nitrogen and oxygen atoms in total. The Hall–Kier alpha value is -2.15. The molecule has 0 atom stereocenters. The van der Waals surface area contributed by atoms with E-state index in [4.69, 9.17) is 4.74 Å². The van der Waals surface area contributed by atoms with Crippen LogP contribution in [-0.2, 0) is 11.3 Å². The summed E-state index contributed by atoms with van der Waals surface area (Å²) in [6.45, 7) is 7.69. The van der Waals surface area contributed by atoms with Crippen LogP contribution in [0.3, 0.4) is 0 Å². The van der Waals surface area contributed by atoms with Crippen LogP contribution >= 0.6 is 15.9 Å². The van der Waals surface area contributed by atoms with Crippen molar-refractivity contribution in [3.8, 4) is 11.4 Å². The van der Waals surface area contributed by atoms with Gasteiger partial charge >= 0.3 is 6.09 Å². The summed E-state index contributed by atoms with van der Waals surface area (Å²) < 4.78 is 7.27. The molecule has 0 fully saturated rings. The minimum absolute atomic E-state index is 0.252. The lowest BCUT2D eigenvalue weighted by Crippen LogP contribution is -2.39. The van der Waals surface area contributed by atoms with E-state index in [0.717, 1.165) is 29.7 Å². The van der Waals surface area contributed by atoms with E-state index >= 15 is 0 Å². The average Bonchev–Trinajstić information content (AvgIpc) is 3.10. The molecule has 1 aliphatic heterocycles. The number of hydrogen-bond acceptors (Lipinski definition) is 4. The Balaban J connectivity index is 1.64. The van der Waals surface area contributed by atoms with Gasteiger partial charge in [0.05, 0.1) is 6.54 Å². The average molecular weight is 433 g/mol. The third-order valence-electron chi connectivity index (χ3n) is 4.22. The SMILES string of the molecule is CC(C)(C)OC(=O)N1CC=C(c2ccc(-c3ncn(CCBr)n3)cc2)CC1. The molecular formula is C20H25BrN4O2. The summed E-state index contributed by atoms with van der Waals surface area (Å²) in [5.41, 5.74) is 2.95. The maximum Gasteiger partial charge on any atom is 0.410 e. The van der Waals surface area contributed by atoms with Crippen LogP contribution in [0, 0.1) is 0 Å². The number of alkyl halides is 1. The van der Waals surface area contributed by atoms with E-state index in [1.165, 1.54) is 11.1 Å². The first-order chi connectivity index (χ1) is 12.9. The highest BCUT2D eigenvalue weighted by molar-refractivity contribution is 9.09. The van der Waals surface area contributed by atoms with Gasteiger partial charge in [-0.15, -0.1) is 0 Å². The molecule has 0 bridgehead atoms. The van der Waals surface area contributed by atoms with Gasteiger partial charge in [0.15, 0.2) is 5.82 Å². The maximum atomic E-state index is 12.2. The number of aryl methyl sites for hydroxylation is 1. The molecule has 1 aromatic carbocycles. The Labute approximate surface area is 168 Å². The number of nitrogens with zero attached hydrogens (tertiary/aromatic N) is 4. The van der Waals surface area contributed by atoms with E-state index in [9.17, 15) is 4.79 Å². The van der Waals surface area contributed by atoms with Gasteiger partial charge in [-0.3, -0.25) is 4.68 Å². The molecule has 0 spiro atoms. The fourth-order valence-electron chi connectivity index (χ4n) is 2.88. The monoisotopic (exact) mass is 432 g/mol. The molecule has 2 heterocycles. The van der Waals surface area contributed by atoms with Crippen molar-refractivity contribution in [2.45, 2.75) is 39.3 Å². The topological polar surface area (TPSA) is 60.2 Å². The zero-order valence-electron chi connectivity index (χ0n) is 16.0. The molecule has 0 saturated carbocycles. The highest BCUT2D eigenvalue weighted by atomic mass is 79.9. The Morgan fingerprint density at radius 3 is 2.52 bits per heavy atom. The van der Waals surface area contributed by atoms with Crippen molar-refractivity contribution in [3.63, 3.8) is 0 Å². The number of hydrogen-bond donors (Lipinski definition) is 0. The summed E-state index contributed by atoms with van der Waals surface area (Å²) >= 11 is 3.41. The van der Waals surface area contributed by atoms with Gasteiger partial charge in [0.2, 0.25) is 0 Å². The van der Waals surface area contributed by atoms with Crippen LogP contribution in [0.4, 0.5) is 4.79 Å². The molecule has 0 aliphatic carbocycles. The molecule has 0 radical (unpaired) electrons. The van der Waals surface area contributed by atoms with Crippen molar-refractivity contribution >= 4 is 27.6 Å². The second kappa shape index (κ2) is 8.25. The number of rotatable bonds is 4. The van der Waals surface area contributed by atoms with Crippen LogP contribution in [0.15, 0.2) is 36.7 Å². The molecule has 1 amide bonds. The highest BCUT2D eigenvalue weighted by Gasteiger charge is 2.23. The summed E-state index contributed by atoms with van der Waals surface area (Å²) in [6, 6.07) is 8.28. The Bertz CT molecular complexity index is 821. The molecule has 1 aromatic heterocycles. The third kappa shape index (κ3) is 5.19. The summed E-state index contributed by atoms with van der Waals surface area (Å²) in [7, 11) is 0. The zero-order chi connectivity index (χ0) is 19.4. The maximum absolute atomic E-state index is 12.2. The summed E-state index contributed by atoms with van der Waals surface area (Å²) in [6.07, 6.45) is 4.42. The molecule has 1 aliphatic rings. The number of aromatic nitrogens is 3. The van der Waals surface area contributed by atoms with Crippen molar-refractivity contribution in [2.24, 2.45) is 0 Å². The van der Waals surface area contributed by atoms with Gasteiger partial charge in [0, 0.05) is 24.0 Å². The van der Waals surface area contributed by atoms with Crippen LogP contribution in [-0.4, -0.2) is 49.8 Å². The van der Waals surface area contributed by atoms with Crippen molar-refractivity contribution in [2.75, 3.05) is 18.4 Å². The first-order valence-corrected chi connectivity index (χ1v) is 10.2. The van der Waals surface area contributed by atoms with E-state index in [1.54, 1.807) is 11.2 Å². The quantitative estimate of drug-likeness (QED) is 0.673. The number of ether oxygens (including phenoxy) is 1. The predicted molar refractivity (Wildman–Crippen MR) is 110 cm³/mol. The first kappa shape index (κ1) is 19.6. The highest BCUT2D eigenvalue weighted by Crippen LogP contribution is 2.25. The molecule has 0 N–H and O–H groups in total.